The number of piperidine rings is 1. The van der Waals surface area contributed by atoms with Crippen molar-refractivity contribution in [3.8, 4) is 0 Å². The van der Waals surface area contributed by atoms with Crippen molar-refractivity contribution in [2.45, 2.75) is 32.0 Å². The Morgan fingerprint density at radius 3 is 3.24 bits per heavy atom. The maximum atomic E-state index is 12.0. The first kappa shape index (κ1) is 14.2. The van der Waals surface area contributed by atoms with E-state index in [0.717, 1.165) is 32.5 Å². The highest BCUT2D eigenvalue weighted by molar-refractivity contribution is 7.09. The zero-order valence-corrected chi connectivity index (χ0v) is 12.5. The fraction of sp³-hybridized carbons (Fsp3) is 0.538. The van der Waals surface area contributed by atoms with Gasteiger partial charge in [0.05, 0.1) is 0 Å². The SMILES string of the molecule is O=C(Cn1cnnn1)NC1CCCN(Cc2cccs2)C1. The summed E-state index contributed by atoms with van der Waals surface area (Å²) in [5, 5.41) is 15.9. The Balaban J connectivity index is 1.48. The molecule has 0 bridgehead atoms. The lowest BCUT2D eigenvalue weighted by Crippen LogP contribution is -2.48. The summed E-state index contributed by atoms with van der Waals surface area (Å²) >= 11 is 1.78. The van der Waals surface area contributed by atoms with E-state index in [9.17, 15) is 4.79 Å². The molecule has 0 aromatic carbocycles. The lowest BCUT2D eigenvalue weighted by Gasteiger charge is -2.32. The molecular formula is C13H18N6OS. The van der Waals surface area contributed by atoms with Gasteiger partial charge in [-0.15, -0.1) is 16.4 Å². The summed E-state index contributed by atoms with van der Waals surface area (Å²) in [4.78, 5) is 15.7. The van der Waals surface area contributed by atoms with Crippen LogP contribution in [0.1, 0.15) is 17.7 Å². The number of carbonyl (C=O) groups is 1. The molecule has 2 aromatic rings. The highest BCUT2D eigenvalue weighted by Gasteiger charge is 2.21. The molecule has 1 aliphatic heterocycles. The molecule has 1 fully saturated rings. The van der Waals surface area contributed by atoms with E-state index in [1.165, 1.54) is 15.9 Å². The van der Waals surface area contributed by atoms with Crippen molar-refractivity contribution in [2.75, 3.05) is 13.1 Å². The third-order valence-corrected chi connectivity index (χ3v) is 4.39. The van der Waals surface area contributed by atoms with Crippen LogP contribution in [0.5, 0.6) is 0 Å². The molecule has 1 amide bonds. The number of tetrazole rings is 1. The number of aromatic nitrogens is 4. The van der Waals surface area contributed by atoms with Crippen LogP contribution in [-0.2, 0) is 17.9 Å². The fourth-order valence-electron chi connectivity index (χ4n) is 2.61. The molecule has 0 saturated carbocycles. The topological polar surface area (TPSA) is 75.9 Å². The molecule has 1 unspecified atom stereocenters. The van der Waals surface area contributed by atoms with Crippen molar-refractivity contribution in [3.05, 3.63) is 28.7 Å². The van der Waals surface area contributed by atoms with Gasteiger partial charge in [-0.1, -0.05) is 6.07 Å². The predicted molar refractivity (Wildman–Crippen MR) is 78.6 cm³/mol. The zero-order chi connectivity index (χ0) is 14.5. The third-order valence-electron chi connectivity index (χ3n) is 3.53. The minimum Gasteiger partial charge on any atom is -0.350 e. The molecule has 7 nitrogen and oxygen atoms in total. The predicted octanol–water partition coefficient (Wildman–Crippen LogP) is 0.515. The summed E-state index contributed by atoms with van der Waals surface area (Å²) in [6, 6.07) is 4.45. The second kappa shape index (κ2) is 6.77. The van der Waals surface area contributed by atoms with Crippen molar-refractivity contribution in [1.82, 2.24) is 30.4 Å². The van der Waals surface area contributed by atoms with Gasteiger partial charge in [0.25, 0.3) is 0 Å². The number of carbonyl (C=O) groups excluding carboxylic acids is 1. The lowest BCUT2D eigenvalue weighted by molar-refractivity contribution is -0.123. The number of thiophene rings is 1. The minimum atomic E-state index is -0.0368. The number of rotatable bonds is 5. The first-order valence-corrected chi connectivity index (χ1v) is 7.92. The smallest absolute Gasteiger partial charge is 0.242 e. The Morgan fingerprint density at radius 2 is 2.48 bits per heavy atom. The van der Waals surface area contributed by atoms with Crippen LogP contribution < -0.4 is 5.32 Å². The van der Waals surface area contributed by atoms with Crippen molar-refractivity contribution in [3.63, 3.8) is 0 Å². The van der Waals surface area contributed by atoms with Crippen LogP contribution >= 0.6 is 11.3 Å². The minimum absolute atomic E-state index is 0.0368. The van der Waals surface area contributed by atoms with Gasteiger partial charge in [-0.05, 0) is 41.3 Å². The Bertz CT molecular complexity index is 555. The van der Waals surface area contributed by atoms with Gasteiger partial charge in [0.15, 0.2) is 0 Å². The summed E-state index contributed by atoms with van der Waals surface area (Å²) in [6.45, 7) is 3.14. The molecule has 3 heterocycles. The van der Waals surface area contributed by atoms with Crippen LogP contribution in [0.4, 0.5) is 0 Å². The van der Waals surface area contributed by atoms with Crippen molar-refractivity contribution < 1.29 is 4.79 Å². The van der Waals surface area contributed by atoms with E-state index in [1.807, 2.05) is 0 Å². The van der Waals surface area contributed by atoms with Crippen LogP contribution in [0.3, 0.4) is 0 Å². The fourth-order valence-corrected chi connectivity index (χ4v) is 3.36. The summed E-state index contributed by atoms with van der Waals surface area (Å²) < 4.78 is 1.43. The quantitative estimate of drug-likeness (QED) is 0.871. The highest BCUT2D eigenvalue weighted by atomic mass is 32.1. The van der Waals surface area contributed by atoms with Crippen molar-refractivity contribution >= 4 is 17.2 Å². The van der Waals surface area contributed by atoms with Gasteiger partial charge in [-0.25, -0.2) is 4.68 Å². The number of hydrogen-bond acceptors (Lipinski definition) is 6. The maximum Gasteiger partial charge on any atom is 0.242 e. The number of nitrogens with one attached hydrogen (secondary N) is 1. The van der Waals surface area contributed by atoms with Crippen LogP contribution in [0.2, 0.25) is 0 Å². The average Bonchev–Trinajstić information content (AvgIpc) is 3.12. The van der Waals surface area contributed by atoms with E-state index >= 15 is 0 Å². The van der Waals surface area contributed by atoms with E-state index in [4.69, 9.17) is 0 Å². The van der Waals surface area contributed by atoms with E-state index < -0.39 is 0 Å². The van der Waals surface area contributed by atoms with E-state index in [-0.39, 0.29) is 18.5 Å². The Kier molecular flexibility index (Phi) is 4.56. The summed E-state index contributed by atoms with van der Waals surface area (Å²) in [7, 11) is 0. The molecule has 1 N–H and O–H groups in total. The van der Waals surface area contributed by atoms with Crippen LogP contribution in [-0.4, -0.2) is 50.1 Å². The zero-order valence-electron chi connectivity index (χ0n) is 11.7. The standard InChI is InChI=1S/C13H18N6OS/c20-13(9-19-10-14-16-17-19)15-11-3-1-5-18(7-11)8-12-4-2-6-21-12/h2,4,6,10-11H,1,3,5,7-9H2,(H,15,20). The summed E-state index contributed by atoms with van der Waals surface area (Å²) in [5.41, 5.74) is 0. The monoisotopic (exact) mass is 306 g/mol. The van der Waals surface area contributed by atoms with E-state index in [2.05, 4.69) is 43.3 Å². The van der Waals surface area contributed by atoms with Crippen LogP contribution in [0.15, 0.2) is 23.8 Å². The Morgan fingerprint density at radius 1 is 1.52 bits per heavy atom. The second-order valence-electron chi connectivity index (χ2n) is 5.23. The van der Waals surface area contributed by atoms with Gasteiger partial charge in [0.2, 0.25) is 5.91 Å². The van der Waals surface area contributed by atoms with Gasteiger partial charge >= 0.3 is 0 Å². The molecule has 3 rings (SSSR count). The Hall–Kier alpha value is -1.80. The number of nitrogens with zero attached hydrogens (tertiary/aromatic N) is 5. The highest BCUT2D eigenvalue weighted by Crippen LogP contribution is 2.16. The third kappa shape index (κ3) is 4.08. The first-order chi connectivity index (χ1) is 10.3. The van der Waals surface area contributed by atoms with Crippen molar-refractivity contribution in [2.24, 2.45) is 0 Å². The maximum absolute atomic E-state index is 12.0. The van der Waals surface area contributed by atoms with Gasteiger partial charge in [0.1, 0.15) is 12.9 Å². The normalized spacial score (nSPS) is 19.5. The lowest BCUT2D eigenvalue weighted by atomic mass is 10.1. The molecule has 21 heavy (non-hydrogen) atoms. The van der Waals surface area contributed by atoms with Crippen LogP contribution in [0, 0.1) is 0 Å². The molecule has 0 aliphatic carbocycles. The average molecular weight is 306 g/mol. The molecule has 1 atom stereocenters. The molecule has 8 heteroatoms. The number of likely N-dealkylation sites (tertiary alicyclic amines) is 1. The second-order valence-corrected chi connectivity index (χ2v) is 6.26. The molecule has 1 saturated heterocycles. The molecule has 2 aromatic heterocycles. The number of hydrogen-bond donors (Lipinski definition) is 1. The Labute approximate surface area is 126 Å². The summed E-state index contributed by atoms with van der Waals surface area (Å²) in [5.74, 6) is -0.0368. The molecule has 112 valence electrons. The van der Waals surface area contributed by atoms with Gasteiger partial charge < -0.3 is 5.32 Å². The molecular weight excluding hydrogens is 288 g/mol. The van der Waals surface area contributed by atoms with Gasteiger partial charge in [-0.3, -0.25) is 9.69 Å². The van der Waals surface area contributed by atoms with E-state index in [1.54, 1.807) is 11.3 Å². The largest absolute Gasteiger partial charge is 0.350 e. The number of amides is 1. The summed E-state index contributed by atoms with van der Waals surface area (Å²) in [6.07, 6.45) is 3.59. The van der Waals surface area contributed by atoms with Gasteiger partial charge in [-0.2, -0.15) is 0 Å². The molecule has 0 spiro atoms. The van der Waals surface area contributed by atoms with E-state index in [0.29, 0.717) is 0 Å². The van der Waals surface area contributed by atoms with Crippen LogP contribution in [0.25, 0.3) is 0 Å². The molecule has 1 aliphatic rings. The van der Waals surface area contributed by atoms with Crippen molar-refractivity contribution in [1.29, 1.82) is 0 Å². The first-order valence-electron chi connectivity index (χ1n) is 7.04. The van der Waals surface area contributed by atoms with Gasteiger partial charge in [0, 0.05) is 24.0 Å². The molecule has 0 radical (unpaired) electrons.